The van der Waals surface area contributed by atoms with Crippen LogP contribution in [0.3, 0.4) is 0 Å². The minimum absolute atomic E-state index is 0.00340. The lowest BCUT2D eigenvalue weighted by Gasteiger charge is -2.11. The first-order valence-electron chi connectivity index (χ1n) is 8.88. The van der Waals surface area contributed by atoms with E-state index in [1.807, 2.05) is 37.3 Å². The molecule has 28 heavy (non-hydrogen) atoms. The van der Waals surface area contributed by atoms with Gasteiger partial charge in [0.15, 0.2) is 11.6 Å². The summed E-state index contributed by atoms with van der Waals surface area (Å²) in [6.07, 6.45) is 4.52. The van der Waals surface area contributed by atoms with Crippen molar-refractivity contribution in [2.75, 3.05) is 0 Å². The lowest BCUT2D eigenvalue weighted by molar-refractivity contribution is -0.141. The minimum Gasteiger partial charge on any atom is -0.481 e. The van der Waals surface area contributed by atoms with Crippen molar-refractivity contribution >= 4 is 39.0 Å². The van der Waals surface area contributed by atoms with Gasteiger partial charge >= 0.3 is 5.97 Å². The number of carbonyl (C=O) groups excluding carboxylic acids is 1. The Morgan fingerprint density at radius 3 is 2.36 bits per heavy atom. The number of hydrogen-bond acceptors (Lipinski definition) is 5. The molecule has 0 fully saturated rings. The van der Waals surface area contributed by atoms with Gasteiger partial charge in [0.2, 0.25) is 0 Å². The van der Waals surface area contributed by atoms with Gasteiger partial charge in [-0.15, -0.1) is 11.3 Å². The predicted molar refractivity (Wildman–Crippen MR) is 113 cm³/mol. The Morgan fingerprint density at radius 2 is 1.79 bits per heavy atom. The number of aromatic nitrogens is 2. The number of halogens is 1. The number of carbonyl (C=O) groups is 2. The highest BCUT2D eigenvalue weighted by Crippen LogP contribution is 2.23. The normalized spacial score (nSPS) is 11.9. The molecule has 1 atom stereocenters. The number of Topliss-reactive ketones (excluding diaryl/α,β-unsaturated/α-hetero) is 1. The van der Waals surface area contributed by atoms with Crippen molar-refractivity contribution in [1.82, 2.24) is 9.97 Å². The van der Waals surface area contributed by atoms with E-state index in [4.69, 9.17) is 0 Å². The van der Waals surface area contributed by atoms with Crippen LogP contribution in [0.15, 0.2) is 53.3 Å². The van der Waals surface area contributed by atoms with Crippen LogP contribution in [0.2, 0.25) is 0 Å². The molecule has 0 saturated carbocycles. The molecule has 5 nitrogen and oxygen atoms in total. The Hall–Kier alpha value is -2.38. The third-order valence-corrected chi connectivity index (χ3v) is 6.06. The third kappa shape index (κ3) is 5.11. The lowest BCUT2D eigenvalue weighted by Crippen LogP contribution is -2.20. The molecular formula is C21H19BrN2O3S. The largest absolute Gasteiger partial charge is 0.481 e. The maximum absolute atomic E-state index is 12.5. The fourth-order valence-electron chi connectivity index (χ4n) is 2.82. The Balaban J connectivity index is 1.69. The molecule has 0 amide bonds. The monoisotopic (exact) mass is 458 g/mol. The molecule has 0 bridgehead atoms. The fourth-order valence-corrected chi connectivity index (χ4v) is 3.93. The summed E-state index contributed by atoms with van der Waals surface area (Å²) in [5.74, 6) is -1.23. The van der Waals surface area contributed by atoms with Crippen LogP contribution in [0.5, 0.6) is 0 Å². The van der Waals surface area contributed by atoms with Crippen molar-refractivity contribution in [1.29, 1.82) is 0 Å². The second-order valence-corrected chi connectivity index (χ2v) is 8.49. The van der Waals surface area contributed by atoms with Gasteiger partial charge in [-0.25, -0.2) is 9.97 Å². The van der Waals surface area contributed by atoms with E-state index in [1.165, 1.54) is 11.3 Å². The summed E-state index contributed by atoms with van der Waals surface area (Å²) in [6.45, 7) is 2.03. The van der Waals surface area contributed by atoms with Gasteiger partial charge in [-0.05, 0) is 46.5 Å². The molecule has 7 heteroatoms. The summed E-state index contributed by atoms with van der Waals surface area (Å²) in [7, 11) is 0. The van der Waals surface area contributed by atoms with Crippen LogP contribution >= 0.6 is 27.3 Å². The van der Waals surface area contributed by atoms with Crippen LogP contribution in [0, 0.1) is 5.92 Å². The molecule has 0 aliphatic carbocycles. The third-order valence-electron chi connectivity index (χ3n) is 4.38. The number of hydrogen-bond donors (Lipinski definition) is 1. The molecule has 0 aliphatic heterocycles. The highest BCUT2D eigenvalue weighted by atomic mass is 79.9. The summed E-state index contributed by atoms with van der Waals surface area (Å²) in [5.41, 5.74) is 1.71. The standard InChI is InChI=1S/C21H19BrN2O3S/c1-2-17-7-8-19(28-17)18(25)10-15(21(26)27)9-13-3-5-14(6-4-13)20-23-11-16(22)12-24-20/h3-8,11-12,15H,2,9-10H2,1H3,(H,26,27)/t15-/m1/s1. The number of aryl methyl sites for hydroxylation is 1. The predicted octanol–water partition coefficient (Wildman–Crippen LogP) is 5.05. The van der Waals surface area contributed by atoms with E-state index < -0.39 is 11.9 Å². The second-order valence-electron chi connectivity index (χ2n) is 6.41. The minimum atomic E-state index is -0.957. The van der Waals surface area contributed by atoms with Gasteiger partial charge in [-0.1, -0.05) is 31.2 Å². The Bertz CT molecular complexity index is 968. The van der Waals surface area contributed by atoms with E-state index in [1.54, 1.807) is 18.5 Å². The first-order chi connectivity index (χ1) is 13.5. The number of nitrogens with zero attached hydrogens (tertiary/aromatic N) is 2. The summed E-state index contributed by atoms with van der Waals surface area (Å²) < 4.78 is 0.804. The summed E-state index contributed by atoms with van der Waals surface area (Å²) in [6, 6.07) is 11.2. The van der Waals surface area contributed by atoms with Gasteiger partial charge in [-0.3, -0.25) is 9.59 Å². The van der Waals surface area contributed by atoms with Crippen LogP contribution in [-0.4, -0.2) is 26.8 Å². The molecule has 3 aromatic rings. The van der Waals surface area contributed by atoms with Crippen LogP contribution in [-0.2, 0) is 17.6 Å². The molecule has 0 radical (unpaired) electrons. The average molecular weight is 459 g/mol. The number of carboxylic acid groups (broad SMARTS) is 1. The topological polar surface area (TPSA) is 80.2 Å². The lowest BCUT2D eigenvalue weighted by atomic mass is 9.93. The highest BCUT2D eigenvalue weighted by molar-refractivity contribution is 9.10. The quantitative estimate of drug-likeness (QED) is 0.477. The number of aliphatic carboxylic acids is 1. The van der Waals surface area contributed by atoms with Gasteiger partial charge < -0.3 is 5.11 Å². The summed E-state index contributed by atoms with van der Waals surface area (Å²) in [4.78, 5) is 34.4. The van der Waals surface area contributed by atoms with E-state index in [0.29, 0.717) is 17.1 Å². The second kappa shape index (κ2) is 9.21. The van der Waals surface area contributed by atoms with Gasteiger partial charge in [0, 0.05) is 29.3 Å². The van der Waals surface area contributed by atoms with E-state index in [-0.39, 0.29) is 12.2 Å². The van der Waals surface area contributed by atoms with Gasteiger partial charge in [0.05, 0.1) is 15.3 Å². The first-order valence-corrected chi connectivity index (χ1v) is 10.5. The molecule has 2 heterocycles. The Morgan fingerprint density at radius 1 is 1.11 bits per heavy atom. The van der Waals surface area contributed by atoms with E-state index in [9.17, 15) is 14.7 Å². The molecule has 0 unspecified atom stereocenters. The molecule has 2 aromatic heterocycles. The van der Waals surface area contributed by atoms with Crippen LogP contribution in [0.4, 0.5) is 0 Å². The van der Waals surface area contributed by atoms with Crippen LogP contribution in [0.1, 0.15) is 33.5 Å². The molecule has 0 spiro atoms. The maximum atomic E-state index is 12.5. The van der Waals surface area contributed by atoms with Crippen molar-refractivity contribution in [2.24, 2.45) is 5.92 Å². The zero-order valence-electron chi connectivity index (χ0n) is 15.3. The zero-order valence-corrected chi connectivity index (χ0v) is 17.7. The summed E-state index contributed by atoms with van der Waals surface area (Å²) >= 11 is 4.75. The smallest absolute Gasteiger partial charge is 0.307 e. The number of ketones is 1. The number of carboxylic acids is 1. The van der Waals surface area contributed by atoms with Crippen molar-refractivity contribution in [3.05, 3.63) is 68.6 Å². The van der Waals surface area contributed by atoms with E-state index in [2.05, 4.69) is 25.9 Å². The maximum Gasteiger partial charge on any atom is 0.307 e. The van der Waals surface area contributed by atoms with Crippen LogP contribution < -0.4 is 0 Å². The zero-order chi connectivity index (χ0) is 20.1. The number of benzene rings is 1. The average Bonchev–Trinajstić information content (AvgIpc) is 3.18. The summed E-state index contributed by atoms with van der Waals surface area (Å²) in [5, 5.41) is 9.57. The van der Waals surface area contributed by atoms with Gasteiger partial charge in [-0.2, -0.15) is 0 Å². The number of rotatable bonds is 8. The number of thiophene rings is 1. The van der Waals surface area contributed by atoms with Gasteiger partial charge in [0.1, 0.15) is 0 Å². The van der Waals surface area contributed by atoms with Gasteiger partial charge in [0.25, 0.3) is 0 Å². The Kier molecular flexibility index (Phi) is 6.70. The highest BCUT2D eigenvalue weighted by Gasteiger charge is 2.23. The fraction of sp³-hybridized carbons (Fsp3) is 0.238. The van der Waals surface area contributed by atoms with Crippen LogP contribution in [0.25, 0.3) is 11.4 Å². The SMILES string of the molecule is CCc1ccc(C(=O)C[C@@H](Cc2ccc(-c3ncc(Br)cn3)cc2)C(=O)O)s1. The Labute approximate surface area is 175 Å². The van der Waals surface area contributed by atoms with E-state index >= 15 is 0 Å². The van der Waals surface area contributed by atoms with Crippen molar-refractivity contribution in [3.63, 3.8) is 0 Å². The molecule has 144 valence electrons. The molecule has 0 aliphatic rings. The molecule has 1 N–H and O–H groups in total. The molecular weight excluding hydrogens is 440 g/mol. The van der Waals surface area contributed by atoms with Crippen molar-refractivity contribution in [3.8, 4) is 11.4 Å². The molecule has 0 saturated heterocycles. The molecule has 1 aromatic carbocycles. The molecule has 3 rings (SSSR count). The first kappa shape index (κ1) is 20.4. The van der Waals surface area contributed by atoms with Crippen molar-refractivity contribution < 1.29 is 14.7 Å². The van der Waals surface area contributed by atoms with E-state index in [0.717, 1.165) is 26.9 Å². The van der Waals surface area contributed by atoms with Crippen molar-refractivity contribution in [2.45, 2.75) is 26.2 Å².